The van der Waals surface area contributed by atoms with Crippen LogP contribution in [-0.4, -0.2) is 23.3 Å². The van der Waals surface area contributed by atoms with Gasteiger partial charge in [0.2, 0.25) is 0 Å². The standard InChI is InChI=1S/C16H16ClN3O2S2/c1-10(21)13-6-7-14(24-13)15(22)19-20-16(23)18-9-8-11-2-4-12(17)5-3-11/h2-7H,8-9H2,1H3,(H,19,22)(H2,18,20,23). The van der Waals surface area contributed by atoms with Crippen LogP contribution >= 0.6 is 35.2 Å². The molecule has 0 fully saturated rings. The number of rotatable bonds is 5. The lowest BCUT2D eigenvalue weighted by atomic mass is 10.1. The molecule has 1 heterocycles. The number of thiocarbonyl (C=S) groups is 1. The number of hydrazine groups is 1. The van der Waals surface area contributed by atoms with Gasteiger partial charge in [0.25, 0.3) is 5.91 Å². The number of carbonyl (C=O) groups is 2. The summed E-state index contributed by atoms with van der Waals surface area (Å²) in [6, 6.07) is 10.8. The van der Waals surface area contributed by atoms with Gasteiger partial charge in [-0.25, -0.2) is 0 Å². The third kappa shape index (κ3) is 5.59. The van der Waals surface area contributed by atoms with E-state index in [4.69, 9.17) is 23.8 Å². The van der Waals surface area contributed by atoms with Gasteiger partial charge in [0.05, 0.1) is 9.75 Å². The van der Waals surface area contributed by atoms with Crippen molar-refractivity contribution in [2.45, 2.75) is 13.3 Å². The molecule has 2 aromatic rings. The number of hydrogen-bond acceptors (Lipinski definition) is 4. The number of thiophene rings is 1. The van der Waals surface area contributed by atoms with E-state index in [1.165, 1.54) is 6.92 Å². The number of halogens is 1. The Kier molecular flexibility index (Phi) is 6.72. The molecule has 0 saturated heterocycles. The zero-order valence-electron chi connectivity index (χ0n) is 12.9. The average Bonchev–Trinajstić information content (AvgIpc) is 3.05. The number of benzene rings is 1. The topological polar surface area (TPSA) is 70.2 Å². The number of Topliss-reactive ketones (excluding diaryl/α,β-unsaturated/α-hetero) is 1. The van der Waals surface area contributed by atoms with Crippen molar-refractivity contribution < 1.29 is 9.59 Å². The molecule has 5 nitrogen and oxygen atoms in total. The third-order valence-corrected chi connectivity index (χ3v) is 4.76. The minimum atomic E-state index is -0.339. The minimum Gasteiger partial charge on any atom is -0.361 e. The second kappa shape index (κ2) is 8.77. The van der Waals surface area contributed by atoms with E-state index >= 15 is 0 Å². The Balaban J connectivity index is 1.71. The summed E-state index contributed by atoms with van der Waals surface area (Å²) in [6.07, 6.45) is 0.778. The van der Waals surface area contributed by atoms with Crippen LogP contribution in [-0.2, 0) is 6.42 Å². The fourth-order valence-corrected chi connectivity index (χ4v) is 2.92. The Hall–Kier alpha value is -1.96. The van der Waals surface area contributed by atoms with E-state index in [0.29, 0.717) is 26.4 Å². The van der Waals surface area contributed by atoms with Crippen molar-refractivity contribution in [2.75, 3.05) is 6.54 Å². The zero-order valence-corrected chi connectivity index (χ0v) is 15.3. The highest BCUT2D eigenvalue weighted by atomic mass is 35.5. The normalized spacial score (nSPS) is 10.1. The van der Waals surface area contributed by atoms with E-state index < -0.39 is 0 Å². The SMILES string of the molecule is CC(=O)c1ccc(C(=O)NNC(=S)NCCc2ccc(Cl)cc2)s1. The van der Waals surface area contributed by atoms with Crippen molar-refractivity contribution in [3.8, 4) is 0 Å². The van der Waals surface area contributed by atoms with Gasteiger partial charge < -0.3 is 5.32 Å². The van der Waals surface area contributed by atoms with Crippen LogP contribution in [0.2, 0.25) is 5.02 Å². The van der Waals surface area contributed by atoms with Crippen LogP contribution in [0.5, 0.6) is 0 Å². The van der Waals surface area contributed by atoms with Crippen molar-refractivity contribution in [3.05, 3.63) is 56.7 Å². The van der Waals surface area contributed by atoms with E-state index in [9.17, 15) is 9.59 Å². The van der Waals surface area contributed by atoms with Crippen LogP contribution in [0.15, 0.2) is 36.4 Å². The van der Waals surface area contributed by atoms with E-state index in [1.54, 1.807) is 12.1 Å². The molecule has 0 atom stereocenters. The predicted octanol–water partition coefficient (Wildman–Crippen LogP) is 2.96. The molecule has 1 aromatic heterocycles. The summed E-state index contributed by atoms with van der Waals surface area (Å²) >= 11 is 12.1. The molecule has 1 aromatic carbocycles. The van der Waals surface area contributed by atoms with Crippen LogP contribution in [0, 0.1) is 0 Å². The summed E-state index contributed by atoms with van der Waals surface area (Å²) in [5, 5.41) is 4.02. The van der Waals surface area contributed by atoms with Gasteiger partial charge in [-0.15, -0.1) is 11.3 Å². The highest BCUT2D eigenvalue weighted by Gasteiger charge is 2.11. The van der Waals surface area contributed by atoms with Crippen LogP contribution in [0.4, 0.5) is 0 Å². The molecule has 0 aliphatic carbocycles. The maximum Gasteiger partial charge on any atom is 0.279 e. The van der Waals surface area contributed by atoms with Crippen LogP contribution < -0.4 is 16.2 Å². The molecule has 24 heavy (non-hydrogen) atoms. The van der Waals surface area contributed by atoms with Gasteiger partial charge in [-0.2, -0.15) is 0 Å². The molecular formula is C16H16ClN3O2S2. The van der Waals surface area contributed by atoms with E-state index in [1.807, 2.05) is 24.3 Å². The lowest BCUT2D eigenvalue weighted by Crippen LogP contribution is -2.47. The van der Waals surface area contributed by atoms with Gasteiger partial charge in [0.1, 0.15) is 0 Å². The fourth-order valence-electron chi connectivity index (χ4n) is 1.84. The summed E-state index contributed by atoms with van der Waals surface area (Å²) in [7, 11) is 0. The molecule has 3 N–H and O–H groups in total. The molecule has 0 radical (unpaired) electrons. The first-order valence-electron chi connectivity index (χ1n) is 7.15. The van der Waals surface area contributed by atoms with Gasteiger partial charge in [-0.3, -0.25) is 20.4 Å². The van der Waals surface area contributed by atoms with Gasteiger partial charge in [0.15, 0.2) is 10.9 Å². The second-order valence-corrected chi connectivity index (χ2v) is 6.86. The van der Waals surface area contributed by atoms with E-state index in [-0.39, 0.29) is 11.7 Å². The quantitative estimate of drug-likeness (QED) is 0.422. The third-order valence-electron chi connectivity index (χ3n) is 3.08. The van der Waals surface area contributed by atoms with Crippen molar-refractivity contribution in [1.29, 1.82) is 0 Å². The Bertz CT molecular complexity index is 744. The smallest absolute Gasteiger partial charge is 0.279 e. The summed E-state index contributed by atoms with van der Waals surface area (Å²) in [4.78, 5) is 24.2. The van der Waals surface area contributed by atoms with Crippen molar-refractivity contribution in [3.63, 3.8) is 0 Å². The Labute approximate surface area is 154 Å². The first-order chi connectivity index (χ1) is 11.5. The van der Waals surface area contributed by atoms with Crippen LogP contribution in [0.1, 0.15) is 31.8 Å². The van der Waals surface area contributed by atoms with Crippen LogP contribution in [0.25, 0.3) is 0 Å². The van der Waals surface area contributed by atoms with Crippen molar-refractivity contribution in [2.24, 2.45) is 0 Å². The molecule has 2 rings (SSSR count). The molecular weight excluding hydrogens is 366 g/mol. The highest BCUT2D eigenvalue weighted by Crippen LogP contribution is 2.16. The van der Waals surface area contributed by atoms with E-state index in [0.717, 1.165) is 23.3 Å². The Morgan fingerprint density at radius 3 is 2.38 bits per heavy atom. The zero-order chi connectivity index (χ0) is 17.5. The molecule has 0 aliphatic heterocycles. The van der Waals surface area contributed by atoms with Gasteiger partial charge >= 0.3 is 0 Å². The summed E-state index contributed by atoms with van der Waals surface area (Å²) in [5.41, 5.74) is 6.27. The summed E-state index contributed by atoms with van der Waals surface area (Å²) in [5.74, 6) is -0.402. The molecule has 8 heteroatoms. The first-order valence-corrected chi connectivity index (χ1v) is 8.75. The Morgan fingerprint density at radius 2 is 1.75 bits per heavy atom. The maximum absolute atomic E-state index is 11.9. The molecule has 0 aliphatic rings. The first kappa shape index (κ1) is 18.4. The summed E-state index contributed by atoms with van der Waals surface area (Å²) in [6.45, 7) is 2.09. The lowest BCUT2D eigenvalue weighted by Gasteiger charge is -2.11. The predicted molar refractivity (Wildman–Crippen MR) is 101 cm³/mol. The second-order valence-electron chi connectivity index (χ2n) is 4.93. The highest BCUT2D eigenvalue weighted by molar-refractivity contribution is 7.80. The number of ketones is 1. The van der Waals surface area contributed by atoms with Crippen LogP contribution in [0.3, 0.4) is 0 Å². The summed E-state index contributed by atoms with van der Waals surface area (Å²) < 4.78 is 0. The monoisotopic (exact) mass is 381 g/mol. The fraction of sp³-hybridized carbons (Fsp3) is 0.188. The molecule has 0 spiro atoms. The van der Waals surface area contributed by atoms with E-state index in [2.05, 4.69) is 16.2 Å². The van der Waals surface area contributed by atoms with Crippen molar-refractivity contribution >= 4 is 52.0 Å². The van der Waals surface area contributed by atoms with Gasteiger partial charge in [-0.1, -0.05) is 23.7 Å². The minimum absolute atomic E-state index is 0.0635. The maximum atomic E-state index is 11.9. The molecule has 0 unspecified atom stereocenters. The van der Waals surface area contributed by atoms with Crippen molar-refractivity contribution in [1.82, 2.24) is 16.2 Å². The lowest BCUT2D eigenvalue weighted by molar-refractivity contribution is 0.0947. The number of amides is 1. The van der Waals surface area contributed by atoms with Gasteiger partial charge in [-0.05, 0) is 55.4 Å². The number of carbonyl (C=O) groups excluding carboxylic acids is 2. The van der Waals surface area contributed by atoms with Gasteiger partial charge in [0, 0.05) is 11.6 Å². The largest absolute Gasteiger partial charge is 0.361 e. The molecule has 0 bridgehead atoms. The Morgan fingerprint density at radius 1 is 1.08 bits per heavy atom. The molecule has 0 saturated carbocycles. The number of hydrogen-bond donors (Lipinski definition) is 3. The molecule has 126 valence electrons. The average molecular weight is 382 g/mol. The molecule has 1 amide bonds. The number of nitrogens with one attached hydrogen (secondary N) is 3.